The van der Waals surface area contributed by atoms with Gasteiger partial charge in [-0.25, -0.2) is 13.1 Å². The van der Waals surface area contributed by atoms with E-state index in [2.05, 4.69) is 20.7 Å². The average molecular weight is 313 g/mol. The number of hydrogen-bond acceptors (Lipinski definition) is 3. The number of likely N-dealkylation sites (tertiary alicyclic amines) is 1. The van der Waals surface area contributed by atoms with Crippen LogP contribution >= 0.6 is 15.9 Å². The Morgan fingerprint density at radius 2 is 2.25 bits per heavy atom. The van der Waals surface area contributed by atoms with Gasteiger partial charge in [0.15, 0.2) is 0 Å². The molecule has 1 saturated heterocycles. The highest BCUT2D eigenvalue weighted by molar-refractivity contribution is 9.09. The van der Waals surface area contributed by atoms with Crippen molar-refractivity contribution in [3.8, 4) is 0 Å². The van der Waals surface area contributed by atoms with Gasteiger partial charge in [0.25, 0.3) is 0 Å². The van der Waals surface area contributed by atoms with E-state index in [0.29, 0.717) is 18.4 Å². The molecule has 1 fully saturated rings. The predicted octanol–water partition coefficient (Wildman–Crippen LogP) is 0.169. The van der Waals surface area contributed by atoms with Crippen molar-refractivity contribution >= 4 is 31.9 Å². The molecule has 7 heteroatoms. The molecule has 1 atom stereocenters. The van der Waals surface area contributed by atoms with E-state index >= 15 is 0 Å². The van der Waals surface area contributed by atoms with Crippen molar-refractivity contribution < 1.29 is 13.2 Å². The number of sulfonamides is 1. The third kappa shape index (κ3) is 4.80. The summed E-state index contributed by atoms with van der Waals surface area (Å²) < 4.78 is 24.4. The Morgan fingerprint density at radius 3 is 2.81 bits per heavy atom. The molecular formula is C9H17BrN2O3S. The second kappa shape index (κ2) is 5.97. The van der Waals surface area contributed by atoms with Crippen molar-refractivity contribution in [3.05, 3.63) is 0 Å². The van der Waals surface area contributed by atoms with E-state index in [1.807, 2.05) is 0 Å². The summed E-state index contributed by atoms with van der Waals surface area (Å²) in [4.78, 5) is 13.2. The lowest BCUT2D eigenvalue weighted by molar-refractivity contribution is -0.129. The minimum Gasteiger partial charge on any atom is -0.342 e. The van der Waals surface area contributed by atoms with Gasteiger partial charge < -0.3 is 4.90 Å². The fourth-order valence-electron chi connectivity index (χ4n) is 1.81. The zero-order valence-corrected chi connectivity index (χ0v) is 11.7. The lowest BCUT2D eigenvalue weighted by Crippen LogP contribution is -2.44. The summed E-state index contributed by atoms with van der Waals surface area (Å²) in [5.41, 5.74) is 0. The van der Waals surface area contributed by atoms with Crippen LogP contribution in [0, 0.1) is 5.92 Å². The molecule has 0 radical (unpaired) electrons. The van der Waals surface area contributed by atoms with Gasteiger partial charge in [-0.3, -0.25) is 4.79 Å². The number of carbonyl (C=O) groups excluding carboxylic acids is 1. The summed E-state index contributed by atoms with van der Waals surface area (Å²) in [5.74, 6) is 0.301. The quantitative estimate of drug-likeness (QED) is 0.753. The lowest BCUT2D eigenvalue weighted by atomic mass is 9.98. The van der Waals surface area contributed by atoms with E-state index < -0.39 is 10.0 Å². The normalized spacial score (nSPS) is 22.1. The largest absolute Gasteiger partial charge is 0.342 e. The van der Waals surface area contributed by atoms with Gasteiger partial charge in [0.2, 0.25) is 15.9 Å². The van der Waals surface area contributed by atoms with Crippen LogP contribution in [0.2, 0.25) is 0 Å². The van der Waals surface area contributed by atoms with E-state index in [1.54, 1.807) is 4.90 Å². The molecule has 1 aliphatic heterocycles. The molecule has 1 unspecified atom stereocenters. The van der Waals surface area contributed by atoms with E-state index in [9.17, 15) is 13.2 Å². The number of nitrogens with zero attached hydrogens (tertiary/aromatic N) is 1. The van der Waals surface area contributed by atoms with Gasteiger partial charge in [0, 0.05) is 19.6 Å². The Bertz CT molecular complexity index is 345. The fraction of sp³-hybridized carbons (Fsp3) is 0.889. The highest BCUT2D eigenvalue weighted by Gasteiger charge is 2.23. The van der Waals surface area contributed by atoms with Crippen molar-refractivity contribution in [1.82, 2.24) is 9.62 Å². The highest BCUT2D eigenvalue weighted by atomic mass is 79.9. The first kappa shape index (κ1) is 13.9. The number of alkyl halides is 1. The number of carbonyl (C=O) groups is 1. The Labute approximate surface area is 105 Å². The standard InChI is InChI=1S/C9H17BrN2O3S/c1-16(14,15)11-6-8-3-2-4-12(7-8)9(13)5-10/h8,11H,2-7H2,1H3. The molecule has 0 aliphatic carbocycles. The van der Waals surface area contributed by atoms with Gasteiger partial charge in [-0.2, -0.15) is 0 Å². The van der Waals surface area contributed by atoms with Crippen molar-refractivity contribution in [2.45, 2.75) is 12.8 Å². The van der Waals surface area contributed by atoms with Crippen LogP contribution in [0.4, 0.5) is 0 Å². The smallest absolute Gasteiger partial charge is 0.233 e. The second-order valence-electron chi connectivity index (χ2n) is 4.10. The molecule has 0 saturated carbocycles. The monoisotopic (exact) mass is 312 g/mol. The SMILES string of the molecule is CS(=O)(=O)NCC1CCCN(C(=O)CBr)C1. The van der Waals surface area contributed by atoms with Crippen LogP contribution in [0.25, 0.3) is 0 Å². The number of hydrogen-bond donors (Lipinski definition) is 1. The first-order valence-electron chi connectivity index (χ1n) is 5.21. The van der Waals surface area contributed by atoms with Gasteiger partial charge in [-0.1, -0.05) is 15.9 Å². The molecular weight excluding hydrogens is 296 g/mol. The molecule has 5 nitrogen and oxygen atoms in total. The number of piperidine rings is 1. The molecule has 1 amide bonds. The van der Waals surface area contributed by atoms with Crippen molar-refractivity contribution in [2.75, 3.05) is 31.2 Å². The van der Waals surface area contributed by atoms with Crippen LogP contribution in [0.3, 0.4) is 0 Å². The van der Waals surface area contributed by atoms with Crippen LogP contribution in [-0.2, 0) is 14.8 Å². The van der Waals surface area contributed by atoms with Crippen LogP contribution in [0.1, 0.15) is 12.8 Å². The third-order valence-electron chi connectivity index (χ3n) is 2.62. The summed E-state index contributed by atoms with van der Waals surface area (Å²) in [6.45, 7) is 1.84. The molecule has 94 valence electrons. The van der Waals surface area contributed by atoms with Gasteiger partial charge in [-0.05, 0) is 18.8 Å². The summed E-state index contributed by atoms with van der Waals surface area (Å²) in [6.07, 6.45) is 3.06. The topological polar surface area (TPSA) is 66.5 Å². The number of rotatable bonds is 4. The van der Waals surface area contributed by atoms with Gasteiger partial charge in [-0.15, -0.1) is 0 Å². The van der Waals surface area contributed by atoms with E-state index in [0.717, 1.165) is 25.6 Å². The number of nitrogens with one attached hydrogen (secondary N) is 1. The molecule has 1 aliphatic rings. The van der Waals surface area contributed by atoms with Gasteiger partial charge >= 0.3 is 0 Å². The van der Waals surface area contributed by atoms with Crippen molar-refractivity contribution in [1.29, 1.82) is 0 Å². The van der Waals surface area contributed by atoms with Gasteiger partial charge in [0.05, 0.1) is 11.6 Å². The second-order valence-corrected chi connectivity index (χ2v) is 6.50. The van der Waals surface area contributed by atoms with Crippen LogP contribution in [0.15, 0.2) is 0 Å². The number of amides is 1. The minimum atomic E-state index is -3.13. The Balaban J connectivity index is 2.42. The maximum absolute atomic E-state index is 11.5. The van der Waals surface area contributed by atoms with E-state index in [-0.39, 0.29) is 11.8 Å². The summed E-state index contributed by atoms with van der Waals surface area (Å²) in [6, 6.07) is 0. The van der Waals surface area contributed by atoms with Gasteiger partial charge in [0.1, 0.15) is 0 Å². The molecule has 0 aromatic rings. The van der Waals surface area contributed by atoms with Crippen molar-refractivity contribution in [2.24, 2.45) is 5.92 Å². The molecule has 1 rings (SSSR count). The fourth-order valence-corrected chi connectivity index (χ4v) is 2.71. The summed E-state index contributed by atoms with van der Waals surface area (Å²) in [7, 11) is -3.13. The predicted molar refractivity (Wildman–Crippen MR) is 65.9 cm³/mol. The first-order valence-corrected chi connectivity index (χ1v) is 8.22. The van der Waals surface area contributed by atoms with E-state index in [4.69, 9.17) is 0 Å². The van der Waals surface area contributed by atoms with Crippen LogP contribution in [0.5, 0.6) is 0 Å². The molecule has 0 aromatic carbocycles. The highest BCUT2D eigenvalue weighted by Crippen LogP contribution is 2.16. The van der Waals surface area contributed by atoms with Crippen LogP contribution in [-0.4, -0.2) is 50.4 Å². The molecule has 0 bridgehead atoms. The maximum Gasteiger partial charge on any atom is 0.233 e. The van der Waals surface area contributed by atoms with Crippen LogP contribution < -0.4 is 4.72 Å². The molecule has 0 spiro atoms. The first-order chi connectivity index (χ1) is 7.42. The zero-order valence-electron chi connectivity index (χ0n) is 9.28. The molecule has 1 N–H and O–H groups in total. The molecule has 1 heterocycles. The molecule has 16 heavy (non-hydrogen) atoms. The Morgan fingerprint density at radius 1 is 1.56 bits per heavy atom. The van der Waals surface area contributed by atoms with E-state index in [1.165, 1.54) is 0 Å². The number of halogens is 1. The lowest BCUT2D eigenvalue weighted by Gasteiger charge is -2.32. The Kier molecular flexibility index (Phi) is 5.20. The Hall–Kier alpha value is -0.140. The molecule has 0 aromatic heterocycles. The summed E-state index contributed by atoms with van der Waals surface area (Å²) in [5, 5.41) is 0.333. The average Bonchev–Trinajstić information content (AvgIpc) is 2.25. The third-order valence-corrected chi connectivity index (χ3v) is 3.79. The summed E-state index contributed by atoms with van der Waals surface area (Å²) >= 11 is 3.14. The maximum atomic E-state index is 11.5. The zero-order chi connectivity index (χ0) is 12.2. The minimum absolute atomic E-state index is 0.0732. The van der Waals surface area contributed by atoms with Crippen molar-refractivity contribution in [3.63, 3.8) is 0 Å².